The molecule has 0 radical (unpaired) electrons. The lowest BCUT2D eigenvalue weighted by molar-refractivity contribution is -0.191. The molecule has 0 aromatic heterocycles. The smallest absolute Gasteiger partial charge is 0.287 e. The number of carbonyl (C=O) groups excluding carboxylic acids is 1. The molecule has 2 aromatic rings. The van der Waals surface area contributed by atoms with Crippen molar-refractivity contribution in [2.75, 3.05) is 6.54 Å². The largest absolute Gasteiger partial charge is 0.409 e. The van der Waals surface area contributed by atoms with Crippen molar-refractivity contribution in [2.45, 2.75) is 84.4 Å². The van der Waals surface area contributed by atoms with E-state index in [-0.39, 0.29) is 18.0 Å². The van der Waals surface area contributed by atoms with Gasteiger partial charge in [-0.05, 0) is 54.7 Å². The first-order valence-electron chi connectivity index (χ1n) is 11.8. The van der Waals surface area contributed by atoms with Crippen LogP contribution in [0.1, 0.15) is 82.9 Å². The van der Waals surface area contributed by atoms with Gasteiger partial charge in [0.2, 0.25) is 5.91 Å². The molecular formula is C26H35F3N2O. The monoisotopic (exact) mass is 448 g/mol. The number of unbranched alkanes of at least 4 members (excludes halogenated alkanes) is 6. The SMILES string of the molecule is CCCCCCCCCc1ccc2cc(C(N3CC(C)(C)C(=O)N3)C(F)(F)F)ccc2c1. The number of nitrogens with one attached hydrogen (secondary N) is 1. The minimum Gasteiger partial charge on any atom is -0.287 e. The Morgan fingerprint density at radius 2 is 1.59 bits per heavy atom. The summed E-state index contributed by atoms with van der Waals surface area (Å²) in [6.07, 6.45) is 5.28. The highest BCUT2D eigenvalue weighted by Crippen LogP contribution is 2.41. The molecule has 3 nitrogen and oxygen atoms in total. The van der Waals surface area contributed by atoms with Crippen LogP contribution in [-0.4, -0.2) is 23.6 Å². The first kappa shape index (κ1) is 24.6. The van der Waals surface area contributed by atoms with E-state index in [1.807, 2.05) is 12.1 Å². The molecule has 32 heavy (non-hydrogen) atoms. The number of alkyl halides is 3. The topological polar surface area (TPSA) is 32.3 Å². The number of fused-ring (bicyclic) bond motifs is 1. The fourth-order valence-corrected chi connectivity index (χ4v) is 4.45. The van der Waals surface area contributed by atoms with Gasteiger partial charge in [-0.25, -0.2) is 5.01 Å². The lowest BCUT2D eigenvalue weighted by atomic mass is 9.93. The summed E-state index contributed by atoms with van der Waals surface area (Å²) in [6, 6.07) is 9.05. The summed E-state index contributed by atoms with van der Waals surface area (Å²) in [5, 5.41) is 2.75. The molecule has 1 amide bonds. The van der Waals surface area contributed by atoms with Gasteiger partial charge in [-0.15, -0.1) is 0 Å². The van der Waals surface area contributed by atoms with Gasteiger partial charge in [0.25, 0.3) is 0 Å². The van der Waals surface area contributed by atoms with Crippen molar-refractivity contribution in [1.29, 1.82) is 0 Å². The fourth-order valence-electron chi connectivity index (χ4n) is 4.45. The molecule has 0 saturated carbocycles. The number of rotatable bonds is 10. The Labute approximate surface area is 189 Å². The van der Waals surface area contributed by atoms with Crippen molar-refractivity contribution in [3.05, 3.63) is 47.5 Å². The Morgan fingerprint density at radius 1 is 0.969 bits per heavy atom. The third kappa shape index (κ3) is 6.03. The van der Waals surface area contributed by atoms with E-state index in [1.54, 1.807) is 26.0 Å². The molecule has 1 aliphatic rings. The summed E-state index contributed by atoms with van der Waals surface area (Å²) in [5.41, 5.74) is 2.93. The van der Waals surface area contributed by atoms with E-state index < -0.39 is 17.6 Å². The number of hydrazine groups is 1. The van der Waals surface area contributed by atoms with Crippen molar-refractivity contribution < 1.29 is 18.0 Å². The lowest BCUT2D eigenvalue weighted by Crippen LogP contribution is -2.43. The highest BCUT2D eigenvalue weighted by molar-refractivity contribution is 5.85. The molecule has 3 rings (SSSR count). The van der Waals surface area contributed by atoms with Gasteiger partial charge in [-0.1, -0.05) is 75.8 Å². The Morgan fingerprint density at radius 3 is 2.22 bits per heavy atom. The van der Waals surface area contributed by atoms with Crippen LogP contribution in [0.2, 0.25) is 0 Å². The van der Waals surface area contributed by atoms with Crippen LogP contribution in [0.5, 0.6) is 0 Å². The molecule has 1 aliphatic heterocycles. The summed E-state index contributed by atoms with van der Waals surface area (Å²) in [6.45, 7) is 5.54. The number of nitrogens with zero attached hydrogens (tertiary/aromatic N) is 1. The van der Waals surface area contributed by atoms with Gasteiger partial charge in [0.1, 0.15) is 6.04 Å². The van der Waals surface area contributed by atoms with E-state index in [0.29, 0.717) is 0 Å². The van der Waals surface area contributed by atoms with Crippen molar-refractivity contribution in [3.8, 4) is 0 Å². The second-order valence-corrected chi connectivity index (χ2v) is 9.71. The number of hydrogen-bond donors (Lipinski definition) is 1. The van der Waals surface area contributed by atoms with E-state index in [9.17, 15) is 18.0 Å². The summed E-state index contributed by atoms with van der Waals surface area (Å²) in [4.78, 5) is 12.1. The number of hydrogen-bond acceptors (Lipinski definition) is 2. The number of benzene rings is 2. The minimum absolute atomic E-state index is 0.00539. The van der Waals surface area contributed by atoms with Gasteiger partial charge in [0, 0.05) is 6.54 Å². The predicted octanol–water partition coefficient (Wildman–Crippen LogP) is 7.11. The molecule has 176 valence electrons. The molecule has 1 N–H and O–H groups in total. The molecule has 6 heteroatoms. The second-order valence-electron chi connectivity index (χ2n) is 9.71. The molecule has 2 aromatic carbocycles. The molecule has 0 bridgehead atoms. The lowest BCUT2D eigenvalue weighted by Gasteiger charge is -2.30. The van der Waals surface area contributed by atoms with Crippen LogP contribution >= 0.6 is 0 Å². The first-order chi connectivity index (χ1) is 15.1. The van der Waals surface area contributed by atoms with E-state index in [1.165, 1.54) is 50.2 Å². The zero-order chi connectivity index (χ0) is 23.4. The van der Waals surface area contributed by atoms with E-state index in [2.05, 4.69) is 18.4 Å². The summed E-state index contributed by atoms with van der Waals surface area (Å²) in [7, 11) is 0. The predicted molar refractivity (Wildman–Crippen MR) is 123 cm³/mol. The van der Waals surface area contributed by atoms with Crippen molar-refractivity contribution >= 4 is 16.7 Å². The van der Waals surface area contributed by atoms with Gasteiger partial charge >= 0.3 is 6.18 Å². The molecular weight excluding hydrogens is 413 g/mol. The maximum Gasteiger partial charge on any atom is 0.409 e. The van der Waals surface area contributed by atoms with E-state index in [4.69, 9.17) is 0 Å². The molecule has 1 atom stereocenters. The van der Waals surface area contributed by atoms with Crippen LogP contribution in [0, 0.1) is 5.41 Å². The molecule has 0 spiro atoms. The van der Waals surface area contributed by atoms with Crippen LogP contribution in [0.25, 0.3) is 10.8 Å². The number of aryl methyl sites for hydroxylation is 1. The highest BCUT2D eigenvalue weighted by Gasteiger charge is 2.51. The summed E-state index contributed by atoms with van der Waals surface area (Å²) >= 11 is 0. The van der Waals surface area contributed by atoms with Crippen molar-refractivity contribution in [3.63, 3.8) is 0 Å². The molecule has 1 fully saturated rings. The van der Waals surface area contributed by atoms with Crippen LogP contribution in [0.3, 0.4) is 0 Å². The van der Waals surface area contributed by atoms with Gasteiger partial charge in [-0.3, -0.25) is 10.2 Å². The average molecular weight is 449 g/mol. The number of halogens is 3. The summed E-state index contributed by atoms with van der Waals surface area (Å²) < 4.78 is 41.9. The van der Waals surface area contributed by atoms with Gasteiger partial charge < -0.3 is 0 Å². The highest BCUT2D eigenvalue weighted by atomic mass is 19.4. The average Bonchev–Trinajstić information content (AvgIpc) is 2.98. The Balaban J connectivity index is 1.70. The van der Waals surface area contributed by atoms with Crippen LogP contribution in [0.4, 0.5) is 13.2 Å². The standard InChI is InChI=1S/C26H35F3N2O/c1-4-5-6-7-8-9-10-11-19-12-13-21-17-22(15-14-20(21)16-19)23(26(27,28)29)31-18-25(2,3)24(32)30-31/h12-17,23H,4-11,18H2,1-3H3,(H,30,32). The van der Waals surface area contributed by atoms with Crippen molar-refractivity contribution in [2.24, 2.45) is 5.41 Å². The first-order valence-corrected chi connectivity index (χ1v) is 11.8. The zero-order valence-corrected chi connectivity index (χ0v) is 19.4. The van der Waals surface area contributed by atoms with Crippen molar-refractivity contribution in [1.82, 2.24) is 10.4 Å². The fraction of sp³-hybridized carbons (Fsp3) is 0.577. The van der Waals surface area contributed by atoms with Gasteiger partial charge in [0.05, 0.1) is 5.41 Å². The third-order valence-corrected chi connectivity index (χ3v) is 6.36. The normalized spacial score (nSPS) is 17.6. The van der Waals surface area contributed by atoms with E-state index in [0.717, 1.165) is 28.6 Å². The Kier molecular flexibility index (Phi) is 7.86. The van der Waals surface area contributed by atoms with Crippen LogP contribution in [-0.2, 0) is 11.2 Å². The maximum absolute atomic E-state index is 14.0. The molecule has 0 aliphatic carbocycles. The number of carbonyl (C=O) groups is 1. The summed E-state index contributed by atoms with van der Waals surface area (Å²) in [5.74, 6) is -0.387. The van der Waals surface area contributed by atoms with Gasteiger partial charge in [0.15, 0.2) is 0 Å². The van der Waals surface area contributed by atoms with Crippen LogP contribution in [0.15, 0.2) is 36.4 Å². The second kappa shape index (κ2) is 10.2. The minimum atomic E-state index is -4.50. The molecule has 1 unspecified atom stereocenters. The molecule has 1 heterocycles. The Bertz CT molecular complexity index is 923. The quantitative estimate of drug-likeness (QED) is 0.393. The maximum atomic E-state index is 14.0. The Hall–Kier alpha value is -2.08. The third-order valence-electron chi connectivity index (χ3n) is 6.36. The van der Waals surface area contributed by atoms with Crippen LogP contribution < -0.4 is 5.43 Å². The number of amides is 1. The molecule has 1 saturated heterocycles. The van der Waals surface area contributed by atoms with E-state index >= 15 is 0 Å². The zero-order valence-electron chi connectivity index (χ0n) is 19.4. The van der Waals surface area contributed by atoms with Gasteiger partial charge in [-0.2, -0.15) is 13.2 Å².